The van der Waals surface area contributed by atoms with Crippen LogP contribution in [0, 0.1) is 19.7 Å². The van der Waals surface area contributed by atoms with Gasteiger partial charge in [-0.05, 0) is 44.9 Å². The number of nitrogens with zero attached hydrogens (tertiary/aromatic N) is 3. The molecule has 6 nitrogen and oxygen atoms in total. The molecule has 0 N–H and O–H groups in total. The largest absolute Gasteiger partial charge is 0.452 e. The monoisotopic (exact) mass is 421 g/mol. The summed E-state index contributed by atoms with van der Waals surface area (Å²) < 4.78 is 21.1. The van der Waals surface area contributed by atoms with E-state index in [0.29, 0.717) is 22.5 Å². The normalized spacial score (nSPS) is 13.1. The van der Waals surface area contributed by atoms with Gasteiger partial charge < -0.3 is 9.64 Å². The van der Waals surface area contributed by atoms with Crippen molar-refractivity contribution in [2.45, 2.75) is 39.3 Å². The van der Waals surface area contributed by atoms with E-state index in [1.165, 1.54) is 6.07 Å². The van der Waals surface area contributed by atoms with E-state index < -0.39 is 5.97 Å². The van der Waals surface area contributed by atoms with Gasteiger partial charge in [0.2, 0.25) is 0 Å². The standard InChI is InChI=1S/C24H24FN3O3/c1-16-23(17(2)28(26-16)20-9-4-3-5-10-20)24(30)31-15-22(29)27(19-12-13-19)14-18-8-6-7-11-21(18)25/h3-11,19H,12-15H2,1-2H3. The Hall–Kier alpha value is -3.48. The fourth-order valence-corrected chi connectivity index (χ4v) is 3.66. The third-order valence-electron chi connectivity index (χ3n) is 5.43. The van der Waals surface area contributed by atoms with Gasteiger partial charge in [-0.2, -0.15) is 5.10 Å². The van der Waals surface area contributed by atoms with Gasteiger partial charge in [0.1, 0.15) is 11.4 Å². The first-order valence-electron chi connectivity index (χ1n) is 10.3. The molecule has 160 valence electrons. The fraction of sp³-hybridized carbons (Fsp3) is 0.292. The van der Waals surface area contributed by atoms with Crippen LogP contribution in [0.15, 0.2) is 54.6 Å². The fourth-order valence-electron chi connectivity index (χ4n) is 3.66. The van der Waals surface area contributed by atoms with Gasteiger partial charge >= 0.3 is 5.97 Å². The number of aromatic nitrogens is 2. The molecule has 0 bridgehead atoms. The van der Waals surface area contributed by atoms with Gasteiger partial charge in [-0.25, -0.2) is 13.9 Å². The molecule has 1 fully saturated rings. The summed E-state index contributed by atoms with van der Waals surface area (Å²) in [5, 5.41) is 4.45. The highest BCUT2D eigenvalue weighted by atomic mass is 19.1. The van der Waals surface area contributed by atoms with E-state index in [1.54, 1.807) is 41.6 Å². The van der Waals surface area contributed by atoms with Crippen LogP contribution in [0.3, 0.4) is 0 Å². The van der Waals surface area contributed by atoms with E-state index in [4.69, 9.17) is 4.74 Å². The van der Waals surface area contributed by atoms with Crippen LogP contribution in [-0.2, 0) is 16.1 Å². The summed E-state index contributed by atoms with van der Waals surface area (Å²) in [6.45, 7) is 3.30. The van der Waals surface area contributed by atoms with E-state index in [2.05, 4.69) is 5.10 Å². The average Bonchev–Trinajstić information content (AvgIpc) is 3.56. The number of ether oxygens (including phenoxy) is 1. The van der Waals surface area contributed by atoms with E-state index in [0.717, 1.165) is 18.5 Å². The molecular weight excluding hydrogens is 397 g/mol. The molecule has 1 heterocycles. The van der Waals surface area contributed by atoms with Crippen LogP contribution in [0.25, 0.3) is 5.69 Å². The lowest BCUT2D eigenvalue weighted by molar-refractivity contribution is -0.135. The average molecular weight is 421 g/mol. The molecule has 4 rings (SSSR count). The zero-order valence-corrected chi connectivity index (χ0v) is 17.5. The maximum absolute atomic E-state index is 14.0. The van der Waals surface area contributed by atoms with Gasteiger partial charge in [-0.15, -0.1) is 0 Å². The SMILES string of the molecule is Cc1nn(-c2ccccc2)c(C)c1C(=O)OCC(=O)N(Cc1ccccc1F)C1CC1. The molecule has 1 amide bonds. The lowest BCUT2D eigenvalue weighted by Crippen LogP contribution is -2.36. The zero-order chi connectivity index (χ0) is 22.0. The van der Waals surface area contributed by atoms with Gasteiger partial charge in [0.15, 0.2) is 6.61 Å². The molecule has 0 spiro atoms. The molecule has 0 saturated heterocycles. The van der Waals surface area contributed by atoms with Gasteiger partial charge in [0, 0.05) is 18.2 Å². The second kappa shape index (κ2) is 8.71. The number of carbonyl (C=O) groups is 2. The van der Waals surface area contributed by atoms with Crippen molar-refractivity contribution in [3.8, 4) is 5.69 Å². The maximum atomic E-state index is 14.0. The number of amides is 1. The molecule has 2 aromatic carbocycles. The summed E-state index contributed by atoms with van der Waals surface area (Å²) in [5.74, 6) is -1.27. The lowest BCUT2D eigenvalue weighted by Gasteiger charge is -2.22. The number of para-hydroxylation sites is 1. The van der Waals surface area contributed by atoms with Crippen LogP contribution in [-0.4, -0.2) is 39.2 Å². The Morgan fingerprint density at radius 3 is 2.45 bits per heavy atom. The second-order valence-corrected chi connectivity index (χ2v) is 7.71. The number of carbonyl (C=O) groups excluding carboxylic acids is 2. The zero-order valence-electron chi connectivity index (χ0n) is 17.5. The Kier molecular flexibility index (Phi) is 5.84. The van der Waals surface area contributed by atoms with Crippen molar-refractivity contribution in [2.24, 2.45) is 0 Å². The van der Waals surface area contributed by atoms with Crippen LogP contribution in [0.2, 0.25) is 0 Å². The van der Waals surface area contributed by atoms with Crippen LogP contribution in [0.5, 0.6) is 0 Å². The number of halogens is 1. The first kappa shape index (κ1) is 20.8. The number of rotatable bonds is 7. The molecular formula is C24H24FN3O3. The van der Waals surface area contributed by atoms with Crippen molar-refractivity contribution in [3.63, 3.8) is 0 Å². The second-order valence-electron chi connectivity index (χ2n) is 7.71. The van der Waals surface area contributed by atoms with Crippen molar-refractivity contribution in [1.82, 2.24) is 14.7 Å². The first-order valence-corrected chi connectivity index (χ1v) is 10.3. The van der Waals surface area contributed by atoms with Crippen molar-refractivity contribution in [3.05, 3.63) is 82.9 Å². The lowest BCUT2D eigenvalue weighted by atomic mass is 10.2. The molecule has 7 heteroatoms. The van der Waals surface area contributed by atoms with Crippen LogP contribution in [0.4, 0.5) is 4.39 Å². The van der Waals surface area contributed by atoms with Crippen molar-refractivity contribution in [2.75, 3.05) is 6.61 Å². The summed E-state index contributed by atoms with van der Waals surface area (Å²) >= 11 is 0. The Balaban J connectivity index is 1.45. The predicted molar refractivity (Wildman–Crippen MR) is 113 cm³/mol. The van der Waals surface area contributed by atoms with Crippen LogP contribution in [0.1, 0.15) is 40.2 Å². The Morgan fingerprint density at radius 2 is 1.77 bits per heavy atom. The molecule has 0 atom stereocenters. The maximum Gasteiger partial charge on any atom is 0.342 e. The molecule has 1 aliphatic carbocycles. The summed E-state index contributed by atoms with van der Waals surface area (Å²) in [7, 11) is 0. The highest BCUT2D eigenvalue weighted by Crippen LogP contribution is 2.29. The van der Waals surface area contributed by atoms with E-state index >= 15 is 0 Å². The van der Waals surface area contributed by atoms with Crippen molar-refractivity contribution >= 4 is 11.9 Å². The highest BCUT2D eigenvalue weighted by Gasteiger charge is 2.33. The Morgan fingerprint density at radius 1 is 1.10 bits per heavy atom. The molecule has 0 aliphatic heterocycles. The summed E-state index contributed by atoms with van der Waals surface area (Å²) in [6.07, 6.45) is 1.74. The van der Waals surface area contributed by atoms with E-state index in [9.17, 15) is 14.0 Å². The summed E-state index contributed by atoms with van der Waals surface area (Å²) in [4.78, 5) is 27.1. The van der Waals surface area contributed by atoms with Gasteiger partial charge in [0.05, 0.1) is 17.1 Å². The molecule has 31 heavy (non-hydrogen) atoms. The minimum absolute atomic E-state index is 0.0649. The number of aryl methyl sites for hydroxylation is 1. The number of benzene rings is 2. The van der Waals surface area contributed by atoms with E-state index in [1.807, 2.05) is 30.3 Å². The van der Waals surface area contributed by atoms with Crippen LogP contribution < -0.4 is 0 Å². The quantitative estimate of drug-likeness (QED) is 0.542. The molecule has 0 radical (unpaired) electrons. The topological polar surface area (TPSA) is 64.4 Å². The Bertz CT molecular complexity index is 1110. The van der Waals surface area contributed by atoms with Crippen LogP contribution >= 0.6 is 0 Å². The number of hydrogen-bond donors (Lipinski definition) is 0. The molecule has 0 unspecified atom stereocenters. The van der Waals surface area contributed by atoms with Gasteiger partial charge in [0.25, 0.3) is 5.91 Å². The number of hydrogen-bond acceptors (Lipinski definition) is 4. The molecule has 1 aliphatic rings. The van der Waals surface area contributed by atoms with E-state index in [-0.39, 0.29) is 30.9 Å². The third-order valence-corrected chi connectivity index (χ3v) is 5.43. The van der Waals surface area contributed by atoms with Crippen molar-refractivity contribution < 1.29 is 18.7 Å². The predicted octanol–water partition coefficient (Wildman–Crippen LogP) is 3.98. The summed E-state index contributed by atoms with van der Waals surface area (Å²) in [6, 6.07) is 15.9. The van der Waals surface area contributed by atoms with Gasteiger partial charge in [-0.1, -0.05) is 36.4 Å². The first-order chi connectivity index (χ1) is 15.0. The molecule has 1 aromatic heterocycles. The molecule has 1 saturated carbocycles. The third kappa shape index (κ3) is 4.50. The minimum atomic E-state index is -0.591. The van der Waals surface area contributed by atoms with Crippen molar-refractivity contribution in [1.29, 1.82) is 0 Å². The Labute approximate surface area is 180 Å². The molecule has 3 aromatic rings. The minimum Gasteiger partial charge on any atom is -0.452 e. The summed E-state index contributed by atoms with van der Waals surface area (Å²) in [5.41, 5.74) is 2.81. The highest BCUT2D eigenvalue weighted by molar-refractivity contribution is 5.93. The smallest absolute Gasteiger partial charge is 0.342 e. The number of esters is 1. The van der Waals surface area contributed by atoms with Gasteiger partial charge in [-0.3, -0.25) is 4.79 Å².